The van der Waals surface area contributed by atoms with E-state index in [0.29, 0.717) is 10.7 Å². The summed E-state index contributed by atoms with van der Waals surface area (Å²) in [5.41, 5.74) is 0.952. The predicted molar refractivity (Wildman–Crippen MR) is 82.0 cm³/mol. The summed E-state index contributed by atoms with van der Waals surface area (Å²) in [7, 11) is 1.50. The first-order valence-corrected chi connectivity index (χ1v) is 6.72. The molecule has 0 fully saturated rings. The minimum Gasteiger partial charge on any atom is -0.355 e. The van der Waals surface area contributed by atoms with Crippen molar-refractivity contribution >= 4 is 40.7 Å². The lowest BCUT2D eigenvalue weighted by atomic mass is 10.1. The molecule has 0 radical (unpaired) electrons. The topological polar surface area (TPSA) is 71.1 Å². The van der Waals surface area contributed by atoms with Gasteiger partial charge in [-0.05, 0) is 30.3 Å². The van der Waals surface area contributed by atoms with Crippen molar-refractivity contribution in [2.75, 3.05) is 12.4 Å². The van der Waals surface area contributed by atoms with Crippen molar-refractivity contribution in [2.24, 2.45) is 0 Å². The van der Waals surface area contributed by atoms with Crippen molar-refractivity contribution < 1.29 is 9.59 Å². The van der Waals surface area contributed by atoms with Gasteiger partial charge in [0.25, 0.3) is 11.8 Å². The average molecular weight is 324 g/mol. The minimum atomic E-state index is -0.418. The number of aromatic nitrogens is 1. The molecule has 0 spiro atoms. The number of hydrogen-bond donors (Lipinski definition) is 2. The van der Waals surface area contributed by atoms with Crippen molar-refractivity contribution in [1.29, 1.82) is 0 Å². The van der Waals surface area contributed by atoms with Gasteiger partial charge in [-0.1, -0.05) is 23.2 Å². The first-order valence-electron chi connectivity index (χ1n) is 5.96. The number of hydrogen-bond acceptors (Lipinski definition) is 3. The Hall–Kier alpha value is -2.11. The maximum atomic E-state index is 12.1. The van der Waals surface area contributed by atoms with Crippen molar-refractivity contribution in [3.63, 3.8) is 0 Å². The van der Waals surface area contributed by atoms with E-state index in [1.807, 2.05) is 0 Å². The molecule has 7 heteroatoms. The van der Waals surface area contributed by atoms with E-state index >= 15 is 0 Å². The number of pyridine rings is 1. The zero-order valence-corrected chi connectivity index (χ0v) is 12.5. The second-order valence-corrected chi connectivity index (χ2v) is 4.83. The van der Waals surface area contributed by atoms with Crippen molar-refractivity contribution in [2.45, 2.75) is 0 Å². The Morgan fingerprint density at radius 2 is 1.86 bits per heavy atom. The number of anilines is 1. The van der Waals surface area contributed by atoms with Crippen molar-refractivity contribution in [1.82, 2.24) is 10.3 Å². The summed E-state index contributed by atoms with van der Waals surface area (Å²) in [5, 5.41) is 5.52. The summed E-state index contributed by atoms with van der Waals surface area (Å²) in [5.74, 6) is -0.756. The Bertz CT molecular complexity index is 704. The molecule has 0 saturated heterocycles. The molecule has 2 rings (SSSR count). The number of nitrogens with zero attached hydrogens (tertiary/aromatic N) is 1. The Morgan fingerprint density at radius 3 is 2.52 bits per heavy atom. The monoisotopic (exact) mass is 323 g/mol. The molecule has 2 N–H and O–H groups in total. The van der Waals surface area contributed by atoms with E-state index in [-0.39, 0.29) is 22.2 Å². The molecule has 0 aliphatic rings. The van der Waals surface area contributed by atoms with Gasteiger partial charge < -0.3 is 10.6 Å². The van der Waals surface area contributed by atoms with Gasteiger partial charge in [-0.15, -0.1) is 0 Å². The second-order valence-electron chi connectivity index (χ2n) is 4.07. The summed E-state index contributed by atoms with van der Waals surface area (Å²) in [6.07, 6.45) is 1.49. The van der Waals surface area contributed by atoms with Gasteiger partial charge >= 0.3 is 0 Å². The molecule has 21 heavy (non-hydrogen) atoms. The van der Waals surface area contributed by atoms with Gasteiger partial charge in [0.05, 0.1) is 16.1 Å². The lowest BCUT2D eigenvalue weighted by Crippen LogP contribution is -2.19. The highest BCUT2D eigenvalue weighted by atomic mass is 35.5. The van der Waals surface area contributed by atoms with Crippen LogP contribution in [0, 0.1) is 0 Å². The maximum absolute atomic E-state index is 12.1. The number of benzene rings is 1. The van der Waals surface area contributed by atoms with E-state index < -0.39 is 5.91 Å². The van der Waals surface area contributed by atoms with E-state index in [4.69, 9.17) is 23.2 Å². The van der Waals surface area contributed by atoms with Gasteiger partial charge in [0, 0.05) is 18.9 Å². The van der Waals surface area contributed by atoms with E-state index in [9.17, 15) is 9.59 Å². The van der Waals surface area contributed by atoms with Crippen LogP contribution >= 0.6 is 23.2 Å². The number of carbonyl (C=O) groups excluding carboxylic acids is 2. The third-order valence-electron chi connectivity index (χ3n) is 2.70. The fourth-order valence-electron chi connectivity index (χ4n) is 1.67. The fraction of sp³-hybridized carbons (Fsp3) is 0.0714. The number of rotatable bonds is 3. The molecule has 1 aromatic heterocycles. The molecular formula is C14H11Cl2N3O2. The highest BCUT2D eigenvalue weighted by molar-refractivity contribution is 6.34. The average Bonchev–Trinajstić information content (AvgIpc) is 2.48. The zero-order valence-electron chi connectivity index (χ0n) is 11.0. The number of carbonyl (C=O) groups is 2. The van der Waals surface area contributed by atoms with E-state index in [1.165, 1.54) is 25.4 Å². The molecule has 0 aliphatic carbocycles. The van der Waals surface area contributed by atoms with Gasteiger partial charge in [-0.25, -0.2) is 4.98 Å². The molecule has 108 valence electrons. The van der Waals surface area contributed by atoms with Gasteiger partial charge in [-0.2, -0.15) is 0 Å². The normalized spacial score (nSPS) is 10.0. The van der Waals surface area contributed by atoms with Gasteiger partial charge in [0.15, 0.2) is 0 Å². The van der Waals surface area contributed by atoms with E-state index in [2.05, 4.69) is 15.6 Å². The molecule has 5 nitrogen and oxygen atoms in total. The quantitative estimate of drug-likeness (QED) is 0.853. The molecule has 0 saturated carbocycles. The summed E-state index contributed by atoms with van der Waals surface area (Å²) >= 11 is 11.8. The third kappa shape index (κ3) is 3.51. The van der Waals surface area contributed by atoms with Crippen LogP contribution in [0.15, 0.2) is 36.5 Å². The molecule has 1 aromatic carbocycles. The maximum Gasteiger partial charge on any atom is 0.258 e. The van der Waals surface area contributed by atoms with Gasteiger partial charge in [0.2, 0.25) is 0 Å². The Kier molecular flexibility index (Phi) is 4.77. The number of amides is 2. The highest BCUT2D eigenvalue weighted by Gasteiger charge is 2.13. The molecule has 0 aliphatic heterocycles. The molecule has 2 amide bonds. The predicted octanol–water partition coefficient (Wildman–Crippen LogP) is 3.00. The number of halogens is 2. The molecular weight excluding hydrogens is 313 g/mol. The van der Waals surface area contributed by atoms with Crippen LogP contribution in [-0.2, 0) is 0 Å². The SMILES string of the molecule is CNC(=O)c1cc(NC(=O)c2cccnc2Cl)ccc1Cl. The summed E-state index contributed by atoms with van der Waals surface area (Å²) in [6, 6.07) is 7.78. The molecule has 1 heterocycles. The lowest BCUT2D eigenvalue weighted by molar-refractivity contribution is 0.0961. The van der Waals surface area contributed by atoms with Crippen LogP contribution in [0.4, 0.5) is 5.69 Å². The van der Waals surface area contributed by atoms with Crippen LogP contribution in [0.1, 0.15) is 20.7 Å². The van der Waals surface area contributed by atoms with E-state index in [0.717, 1.165) is 0 Å². The smallest absolute Gasteiger partial charge is 0.258 e. The third-order valence-corrected chi connectivity index (χ3v) is 3.33. The summed E-state index contributed by atoms with van der Waals surface area (Å²) < 4.78 is 0. The first-order chi connectivity index (χ1) is 10.0. The summed E-state index contributed by atoms with van der Waals surface area (Å²) in [6.45, 7) is 0. The Balaban J connectivity index is 2.26. The van der Waals surface area contributed by atoms with Crippen LogP contribution in [0.5, 0.6) is 0 Å². The Morgan fingerprint density at radius 1 is 1.10 bits per heavy atom. The summed E-state index contributed by atoms with van der Waals surface area (Å²) in [4.78, 5) is 27.6. The molecule has 0 bridgehead atoms. The Labute approximate surface area is 131 Å². The van der Waals surface area contributed by atoms with Crippen LogP contribution < -0.4 is 10.6 Å². The largest absolute Gasteiger partial charge is 0.355 e. The van der Waals surface area contributed by atoms with Gasteiger partial charge in [-0.3, -0.25) is 9.59 Å². The van der Waals surface area contributed by atoms with Gasteiger partial charge in [0.1, 0.15) is 5.15 Å². The number of nitrogens with one attached hydrogen (secondary N) is 2. The highest BCUT2D eigenvalue weighted by Crippen LogP contribution is 2.21. The zero-order chi connectivity index (χ0) is 15.4. The fourth-order valence-corrected chi connectivity index (χ4v) is 2.07. The van der Waals surface area contributed by atoms with Crippen molar-refractivity contribution in [3.05, 3.63) is 57.8 Å². The minimum absolute atomic E-state index is 0.107. The van der Waals surface area contributed by atoms with Crippen LogP contribution in [0.3, 0.4) is 0 Å². The van der Waals surface area contributed by atoms with Crippen LogP contribution in [0.25, 0.3) is 0 Å². The van der Waals surface area contributed by atoms with Crippen LogP contribution in [-0.4, -0.2) is 23.8 Å². The second kappa shape index (κ2) is 6.56. The van der Waals surface area contributed by atoms with E-state index in [1.54, 1.807) is 18.2 Å². The molecule has 2 aromatic rings. The van der Waals surface area contributed by atoms with Crippen molar-refractivity contribution in [3.8, 4) is 0 Å². The standard InChI is InChI=1S/C14H11Cl2N3O2/c1-17-13(20)10-7-8(4-5-11(10)15)19-14(21)9-3-2-6-18-12(9)16/h2-7H,1H3,(H,17,20)(H,19,21). The molecule has 0 atom stereocenters. The lowest BCUT2D eigenvalue weighted by Gasteiger charge is -2.09. The molecule has 0 unspecified atom stereocenters. The first kappa shape index (κ1) is 15.3. The van der Waals surface area contributed by atoms with Crippen LogP contribution in [0.2, 0.25) is 10.2 Å².